The first-order valence-electron chi connectivity index (χ1n) is 3.33. The molecule has 0 heterocycles. The van der Waals surface area contributed by atoms with Gasteiger partial charge in [-0.15, -0.1) is 0 Å². The molecule has 0 aliphatic rings. The van der Waals surface area contributed by atoms with Crippen LogP contribution in [0.1, 0.15) is 0 Å². The van der Waals surface area contributed by atoms with Gasteiger partial charge in [0.25, 0.3) is 0 Å². The quantitative estimate of drug-likeness (QED) is 0.649. The molecule has 0 bridgehead atoms. The summed E-state index contributed by atoms with van der Waals surface area (Å²) in [7, 11) is 3.60. The van der Waals surface area contributed by atoms with E-state index in [1.807, 2.05) is 0 Å². The van der Waals surface area contributed by atoms with Gasteiger partial charge in [0.1, 0.15) is 11.5 Å². The van der Waals surface area contributed by atoms with Crippen LogP contribution in [0.5, 0.6) is 11.5 Å². The molecule has 0 fully saturated rings. The van der Waals surface area contributed by atoms with Crippen LogP contribution in [-0.4, -0.2) is 24.3 Å². The van der Waals surface area contributed by atoms with E-state index in [0.29, 0.717) is 5.75 Å². The summed E-state index contributed by atoms with van der Waals surface area (Å²) in [6.45, 7) is 0. The van der Waals surface area contributed by atoms with Gasteiger partial charge in [-0.3, -0.25) is 0 Å². The topological polar surface area (TPSA) is 32.7 Å². The van der Waals surface area contributed by atoms with E-state index in [0.717, 1.165) is 0 Å². The molecule has 0 atom stereocenters. The highest BCUT2D eigenvalue weighted by Crippen LogP contribution is 2.15. The molecule has 1 N–H and O–H groups in total. The Kier molecular flexibility index (Phi) is 2.33. The number of rotatable bonds is 2. The molecule has 0 amide bonds. The maximum Gasteiger partial charge on any atom is 0.147 e. The Morgan fingerprint density at radius 2 is 1.73 bits per heavy atom. The SMILES string of the molecule is CN(C)Oc1ccc(O)cc1. The number of hydroxylamine groups is 2. The zero-order valence-corrected chi connectivity index (χ0v) is 6.61. The zero-order valence-electron chi connectivity index (χ0n) is 6.61. The van der Waals surface area contributed by atoms with E-state index < -0.39 is 0 Å². The van der Waals surface area contributed by atoms with Gasteiger partial charge in [-0.1, -0.05) is 0 Å². The summed E-state index contributed by atoms with van der Waals surface area (Å²) in [4.78, 5) is 5.19. The molecule has 0 radical (unpaired) electrons. The van der Waals surface area contributed by atoms with Crippen molar-refractivity contribution in [2.75, 3.05) is 14.1 Å². The molecular weight excluding hydrogens is 142 g/mol. The van der Waals surface area contributed by atoms with Crippen LogP contribution >= 0.6 is 0 Å². The van der Waals surface area contributed by atoms with E-state index in [1.165, 1.54) is 0 Å². The first-order chi connectivity index (χ1) is 5.18. The molecule has 0 saturated carbocycles. The lowest BCUT2D eigenvalue weighted by Gasteiger charge is -2.10. The fraction of sp³-hybridized carbons (Fsp3) is 0.250. The van der Waals surface area contributed by atoms with Crippen LogP contribution in [0.25, 0.3) is 0 Å². The first kappa shape index (κ1) is 7.88. The second-order valence-electron chi connectivity index (χ2n) is 2.40. The van der Waals surface area contributed by atoms with Crippen LogP contribution in [0.15, 0.2) is 24.3 Å². The second-order valence-corrected chi connectivity index (χ2v) is 2.40. The molecule has 1 aromatic rings. The molecule has 3 nitrogen and oxygen atoms in total. The number of aromatic hydroxyl groups is 1. The van der Waals surface area contributed by atoms with E-state index in [2.05, 4.69) is 0 Å². The molecule has 0 spiro atoms. The molecule has 1 rings (SSSR count). The highest BCUT2D eigenvalue weighted by atomic mass is 16.7. The molecular formula is C8H11NO2. The predicted octanol–water partition coefficient (Wildman–Crippen LogP) is 1.25. The van der Waals surface area contributed by atoms with Gasteiger partial charge in [-0.05, 0) is 24.3 Å². The summed E-state index contributed by atoms with van der Waals surface area (Å²) in [5.41, 5.74) is 0. The van der Waals surface area contributed by atoms with Crippen LogP contribution in [0.3, 0.4) is 0 Å². The summed E-state index contributed by atoms with van der Waals surface area (Å²) < 4.78 is 0. The lowest BCUT2D eigenvalue weighted by atomic mass is 10.3. The Hall–Kier alpha value is -1.22. The van der Waals surface area contributed by atoms with Gasteiger partial charge < -0.3 is 9.94 Å². The molecule has 0 aliphatic carbocycles. The summed E-state index contributed by atoms with van der Waals surface area (Å²) >= 11 is 0. The summed E-state index contributed by atoms with van der Waals surface area (Å²) in [6.07, 6.45) is 0. The predicted molar refractivity (Wildman–Crippen MR) is 42.4 cm³/mol. The molecule has 0 unspecified atom stereocenters. The fourth-order valence-electron chi connectivity index (χ4n) is 0.718. The Balaban J connectivity index is 2.66. The average Bonchev–Trinajstić information content (AvgIpc) is 1.93. The fourth-order valence-corrected chi connectivity index (χ4v) is 0.718. The monoisotopic (exact) mass is 153 g/mol. The van der Waals surface area contributed by atoms with Gasteiger partial charge in [-0.25, -0.2) is 0 Å². The molecule has 0 saturated heterocycles. The highest BCUT2D eigenvalue weighted by molar-refractivity contribution is 5.29. The minimum absolute atomic E-state index is 0.246. The largest absolute Gasteiger partial charge is 0.508 e. The van der Waals surface area contributed by atoms with Gasteiger partial charge >= 0.3 is 0 Å². The van der Waals surface area contributed by atoms with E-state index in [4.69, 9.17) is 9.94 Å². The minimum atomic E-state index is 0.246. The number of hydrogen-bond acceptors (Lipinski definition) is 3. The Labute approximate surface area is 65.8 Å². The first-order valence-corrected chi connectivity index (χ1v) is 3.33. The number of phenols is 1. The molecule has 0 aliphatic heterocycles. The van der Waals surface area contributed by atoms with Crippen molar-refractivity contribution in [2.45, 2.75) is 0 Å². The zero-order chi connectivity index (χ0) is 8.27. The van der Waals surface area contributed by atoms with E-state index in [9.17, 15) is 0 Å². The van der Waals surface area contributed by atoms with Crippen LogP contribution in [0, 0.1) is 0 Å². The number of hydrogen-bond donors (Lipinski definition) is 1. The number of phenolic OH excluding ortho intramolecular Hbond substituents is 1. The molecule has 11 heavy (non-hydrogen) atoms. The van der Waals surface area contributed by atoms with Crippen LogP contribution in [0.4, 0.5) is 0 Å². The lowest BCUT2D eigenvalue weighted by Crippen LogP contribution is -2.15. The molecule has 3 heteroatoms. The van der Waals surface area contributed by atoms with Gasteiger partial charge in [-0.2, -0.15) is 5.06 Å². The standard InChI is InChI=1S/C8H11NO2/c1-9(2)11-8-5-3-7(10)4-6-8/h3-6,10H,1-2H3. The van der Waals surface area contributed by atoms with Crippen molar-refractivity contribution in [3.63, 3.8) is 0 Å². The van der Waals surface area contributed by atoms with E-state index >= 15 is 0 Å². The van der Waals surface area contributed by atoms with E-state index in [-0.39, 0.29) is 5.75 Å². The maximum atomic E-state index is 8.92. The highest BCUT2D eigenvalue weighted by Gasteiger charge is 1.94. The minimum Gasteiger partial charge on any atom is -0.508 e. The van der Waals surface area contributed by atoms with Gasteiger partial charge in [0, 0.05) is 14.1 Å². The van der Waals surface area contributed by atoms with Crippen molar-refractivity contribution in [2.24, 2.45) is 0 Å². The summed E-state index contributed by atoms with van der Waals surface area (Å²) in [5.74, 6) is 0.962. The van der Waals surface area contributed by atoms with Crippen molar-refractivity contribution in [3.05, 3.63) is 24.3 Å². The van der Waals surface area contributed by atoms with Crippen molar-refractivity contribution in [1.82, 2.24) is 5.06 Å². The maximum absolute atomic E-state index is 8.92. The molecule has 60 valence electrons. The summed E-state index contributed by atoms with van der Waals surface area (Å²) in [5, 5.41) is 10.5. The Morgan fingerprint density at radius 1 is 1.18 bits per heavy atom. The smallest absolute Gasteiger partial charge is 0.147 e. The third-order valence-corrected chi connectivity index (χ3v) is 1.12. The van der Waals surface area contributed by atoms with Crippen LogP contribution in [0.2, 0.25) is 0 Å². The Bertz CT molecular complexity index is 218. The number of benzene rings is 1. The Morgan fingerprint density at radius 3 is 2.18 bits per heavy atom. The molecule has 1 aromatic carbocycles. The van der Waals surface area contributed by atoms with Gasteiger partial charge in [0.2, 0.25) is 0 Å². The molecule has 0 aromatic heterocycles. The second kappa shape index (κ2) is 3.25. The van der Waals surface area contributed by atoms with Crippen molar-refractivity contribution in [3.8, 4) is 11.5 Å². The number of nitrogens with zero attached hydrogens (tertiary/aromatic N) is 1. The van der Waals surface area contributed by atoms with Gasteiger partial charge in [0.15, 0.2) is 0 Å². The van der Waals surface area contributed by atoms with Crippen molar-refractivity contribution in [1.29, 1.82) is 0 Å². The van der Waals surface area contributed by atoms with Gasteiger partial charge in [0.05, 0.1) is 0 Å². The summed E-state index contributed by atoms with van der Waals surface area (Å²) in [6, 6.07) is 6.57. The third kappa shape index (κ3) is 2.47. The van der Waals surface area contributed by atoms with E-state index in [1.54, 1.807) is 43.4 Å². The van der Waals surface area contributed by atoms with Crippen LogP contribution in [-0.2, 0) is 0 Å². The van der Waals surface area contributed by atoms with Crippen molar-refractivity contribution >= 4 is 0 Å². The van der Waals surface area contributed by atoms with Crippen molar-refractivity contribution < 1.29 is 9.94 Å². The normalized spacial score (nSPS) is 10.1. The third-order valence-electron chi connectivity index (χ3n) is 1.12. The lowest BCUT2D eigenvalue weighted by molar-refractivity contribution is -0.00330. The van der Waals surface area contributed by atoms with Crippen LogP contribution < -0.4 is 4.84 Å². The average molecular weight is 153 g/mol.